The van der Waals surface area contributed by atoms with Crippen molar-refractivity contribution in [1.29, 1.82) is 0 Å². The number of rotatable bonds is 5. The van der Waals surface area contributed by atoms with Crippen LogP contribution in [0.1, 0.15) is 25.3 Å². The van der Waals surface area contributed by atoms with Crippen LogP contribution in [0.3, 0.4) is 0 Å². The van der Waals surface area contributed by atoms with Gasteiger partial charge in [-0.2, -0.15) is 0 Å². The molecule has 0 aliphatic heterocycles. The molecule has 0 unspecified atom stereocenters. The van der Waals surface area contributed by atoms with Crippen LogP contribution in [0.5, 0.6) is 5.75 Å². The van der Waals surface area contributed by atoms with E-state index >= 15 is 0 Å². The quantitative estimate of drug-likeness (QED) is 0.629. The number of nitro groups is 1. The average Bonchev–Trinajstić information content (AvgIpc) is 3.11. The standard InChI is InChI=1S/C12H16N2O3/c1-2-13(10-3-4-10)8-9-7-11(14(16)17)5-6-12(9)15/h5-7,10,15H,2-4,8H2,1H3. The van der Waals surface area contributed by atoms with Gasteiger partial charge in [0.05, 0.1) is 4.92 Å². The summed E-state index contributed by atoms with van der Waals surface area (Å²) in [6, 6.07) is 4.76. The van der Waals surface area contributed by atoms with Crippen molar-refractivity contribution < 1.29 is 10.0 Å². The Bertz CT molecular complexity index is 430. The normalized spacial score (nSPS) is 15.2. The van der Waals surface area contributed by atoms with E-state index < -0.39 is 4.92 Å². The van der Waals surface area contributed by atoms with Crippen LogP contribution in [0.15, 0.2) is 18.2 Å². The number of phenolic OH excluding ortho intramolecular Hbond substituents is 1. The molecule has 0 radical (unpaired) electrons. The summed E-state index contributed by atoms with van der Waals surface area (Å²) in [4.78, 5) is 12.5. The summed E-state index contributed by atoms with van der Waals surface area (Å²) in [5.74, 6) is 0.134. The Morgan fingerprint density at radius 1 is 1.53 bits per heavy atom. The van der Waals surface area contributed by atoms with E-state index in [9.17, 15) is 15.2 Å². The van der Waals surface area contributed by atoms with E-state index in [1.54, 1.807) is 0 Å². The van der Waals surface area contributed by atoms with Crippen molar-refractivity contribution in [3.8, 4) is 5.75 Å². The Hall–Kier alpha value is -1.62. The van der Waals surface area contributed by atoms with Gasteiger partial charge in [0.2, 0.25) is 0 Å². The molecule has 1 aliphatic rings. The summed E-state index contributed by atoms with van der Waals surface area (Å²) in [7, 11) is 0. The number of nitrogens with zero attached hydrogens (tertiary/aromatic N) is 2. The van der Waals surface area contributed by atoms with Gasteiger partial charge in [-0.05, 0) is 25.5 Å². The highest BCUT2D eigenvalue weighted by Gasteiger charge is 2.28. The number of hydrogen-bond acceptors (Lipinski definition) is 4. The lowest BCUT2D eigenvalue weighted by atomic mass is 10.1. The molecule has 1 aromatic rings. The van der Waals surface area contributed by atoms with E-state index in [1.165, 1.54) is 31.0 Å². The lowest BCUT2D eigenvalue weighted by Crippen LogP contribution is -2.25. The molecule has 1 saturated carbocycles. The van der Waals surface area contributed by atoms with Gasteiger partial charge in [-0.25, -0.2) is 0 Å². The zero-order chi connectivity index (χ0) is 12.4. The summed E-state index contributed by atoms with van der Waals surface area (Å²) in [6.45, 7) is 3.54. The van der Waals surface area contributed by atoms with Gasteiger partial charge >= 0.3 is 0 Å². The molecule has 1 aliphatic carbocycles. The first kappa shape index (κ1) is 11.9. The molecular weight excluding hydrogens is 220 g/mol. The van der Waals surface area contributed by atoms with Gasteiger partial charge in [0.25, 0.3) is 5.69 Å². The minimum atomic E-state index is -0.434. The third-order valence-corrected chi connectivity index (χ3v) is 3.12. The third-order valence-electron chi connectivity index (χ3n) is 3.12. The van der Waals surface area contributed by atoms with Crippen LogP contribution in [0.25, 0.3) is 0 Å². The monoisotopic (exact) mass is 236 g/mol. The highest BCUT2D eigenvalue weighted by Crippen LogP contribution is 2.31. The minimum absolute atomic E-state index is 0.0321. The zero-order valence-corrected chi connectivity index (χ0v) is 9.80. The van der Waals surface area contributed by atoms with E-state index in [0.717, 1.165) is 6.54 Å². The Morgan fingerprint density at radius 3 is 2.76 bits per heavy atom. The van der Waals surface area contributed by atoms with Crippen LogP contribution in [0.4, 0.5) is 5.69 Å². The molecule has 17 heavy (non-hydrogen) atoms. The number of phenols is 1. The zero-order valence-electron chi connectivity index (χ0n) is 9.80. The predicted octanol–water partition coefficient (Wildman–Crippen LogP) is 2.28. The lowest BCUT2D eigenvalue weighted by Gasteiger charge is -2.20. The van der Waals surface area contributed by atoms with Gasteiger partial charge in [0.15, 0.2) is 0 Å². The fourth-order valence-corrected chi connectivity index (χ4v) is 1.97. The van der Waals surface area contributed by atoms with Crippen molar-refractivity contribution in [2.24, 2.45) is 0 Å². The maximum absolute atomic E-state index is 10.7. The number of hydrogen-bond donors (Lipinski definition) is 1. The van der Waals surface area contributed by atoms with Crippen LogP contribution in [0, 0.1) is 10.1 Å². The smallest absolute Gasteiger partial charge is 0.270 e. The van der Waals surface area contributed by atoms with E-state index in [4.69, 9.17) is 0 Å². The lowest BCUT2D eigenvalue weighted by molar-refractivity contribution is -0.385. The maximum Gasteiger partial charge on any atom is 0.270 e. The molecule has 1 fully saturated rings. The molecule has 0 spiro atoms. The van der Waals surface area contributed by atoms with Crippen molar-refractivity contribution in [3.63, 3.8) is 0 Å². The fourth-order valence-electron chi connectivity index (χ4n) is 1.97. The van der Waals surface area contributed by atoms with Gasteiger partial charge in [-0.3, -0.25) is 15.0 Å². The molecule has 92 valence electrons. The molecule has 0 aromatic heterocycles. The third kappa shape index (κ3) is 2.74. The van der Waals surface area contributed by atoms with Crippen molar-refractivity contribution >= 4 is 5.69 Å². The topological polar surface area (TPSA) is 66.6 Å². The van der Waals surface area contributed by atoms with Gasteiger partial charge in [-0.1, -0.05) is 6.92 Å². The molecule has 1 N–H and O–H groups in total. The van der Waals surface area contributed by atoms with Gasteiger partial charge < -0.3 is 5.11 Å². The molecule has 1 aromatic carbocycles. The summed E-state index contributed by atoms with van der Waals surface area (Å²) >= 11 is 0. The fraction of sp³-hybridized carbons (Fsp3) is 0.500. The molecule has 0 bridgehead atoms. The molecule has 5 nitrogen and oxygen atoms in total. The van der Waals surface area contributed by atoms with Crippen LogP contribution >= 0.6 is 0 Å². The number of non-ortho nitro benzene ring substituents is 1. The summed E-state index contributed by atoms with van der Waals surface area (Å²) in [5.41, 5.74) is 0.664. The van der Waals surface area contributed by atoms with E-state index in [1.807, 2.05) is 0 Å². The van der Waals surface area contributed by atoms with Crippen molar-refractivity contribution in [2.45, 2.75) is 32.4 Å². The predicted molar refractivity (Wildman–Crippen MR) is 63.9 cm³/mol. The van der Waals surface area contributed by atoms with Crippen molar-refractivity contribution in [1.82, 2.24) is 4.90 Å². The van der Waals surface area contributed by atoms with Crippen LogP contribution < -0.4 is 0 Å². The first-order valence-corrected chi connectivity index (χ1v) is 5.82. The molecule has 2 rings (SSSR count). The first-order valence-electron chi connectivity index (χ1n) is 5.82. The van der Waals surface area contributed by atoms with Crippen molar-refractivity contribution in [3.05, 3.63) is 33.9 Å². The second-order valence-electron chi connectivity index (χ2n) is 4.36. The summed E-state index contributed by atoms with van der Waals surface area (Å²) in [5, 5.41) is 20.4. The number of benzene rings is 1. The molecule has 5 heteroatoms. The largest absolute Gasteiger partial charge is 0.508 e. The molecule has 0 saturated heterocycles. The highest BCUT2D eigenvalue weighted by atomic mass is 16.6. The Morgan fingerprint density at radius 2 is 2.24 bits per heavy atom. The van der Waals surface area contributed by atoms with Crippen LogP contribution in [0.2, 0.25) is 0 Å². The summed E-state index contributed by atoms with van der Waals surface area (Å²) < 4.78 is 0. The van der Waals surface area contributed by atoms with Gasteiger partial charge in [-0.15, -0.1) is 0 Å². The molecule has 0 heterocycles. The maximum atomic E-state index is 10.7. The summed E-state index contributed by atoms with van der Waals surface area (Å²) in [6.07, 6.45) is 2.37. The number of nitro benzene ring substituents is 1. The van der Waals surface area contributed by atoms with Crippen LogP contribution in [-0.4, -0.2) is 27.5 Å². The van der Waals surface area contributed by atoms with Gasteiger partial charge in [0, 0.05) is 30.3 Å². The highest BCUT2D eigenvalue weighted by molar-refractivity contribution is 5.43. The second kappa shape index (κ2) is 4.71. The second-order valence-corrected chi connectivity index (χ2v) is 4.36. The van der Waals surface area contributed by atoms with E-state index in [-0.39, 0.29) is 11.4 Å². The molecule has 0 atom stereocenters. The Labute approximate surface area is 99.8 Å². The van der Waals surface area contributed by atoms with E-state index in [2.05, 4.69) is 11.8 Å². The number of aromatic hydroxyl groups is 1. The minimum Gasteiger partial charge on any atom is -0.508 e. The Balaban J connectivity index is 2.18. The Kier molecular flexibility index (Phi) is 3.28. The molecular formula is C12H16N2O3. The van der Waals surface area contributed by atoms with Gasteiger partial charge in [0.1, 0.15) is 5.75 Å². The van der Waals surface area contributed by atoms with Crippen molar-refractivity contribution in [2.75, 3.05) is 6.54 Å². The average molecular weight is 236 g/mol. The SMILES string of the molecule is CCN(Cc1cc([N+](=O)[O-])ccc1O)C1CC1. The first-order chi connectivity index (χ1) is 8.11. The van der Waals surface area contributed by atoms with E-state index in [0.29, 0.717) is 18.2 Å². The van der Waals surface area contributed by atoms with Crippen LogP contribution in [-0.2, 0) is 6.54 Å². The molecule has 0 amide bonds.